The van der Waals surface area contributed by atoms with Crippen LogP contribution in [0.2, 0.25) is 0 Å². The number of thioether (sulfide) groups is 1. The van der Waals surface area contributed by atoms with Crippen molar-refractivity contribution < 1.29 is 4.79 Å². The normalized spacial score (nSPS) is 10.9. The summed E-state index contributed by atoms with van der Waals surface area (Å²) in [7, 11) is 1.66. The lowest BCUT2D eigenvalue weighted by molar-refractivity contribution is -0.118. The summed E-state index contributed by atoms with van der Waals surface area (Å²) in [6.07, 6.45) is 0. The van der Waals surface area contributed by atoms with E-state index in [0.29, 0.717) is 15.4 Å². The van der Waals surface area contributed by atoms with Crippen molar-refractivity contribution in [2.75, 3.05) is 5.75 Å². The monoisotopic (exact) mass is 346 g/mol. The lowest BCUT2D eigenvalue weighted by Gasteiger charge is -2.07. The summed E-state index contributed by atoms with van der Waals surface area (Å²) in [6, 6.07) is 9.74. The number of nitrogens with two attached hydrogens (primary N) is 1. The molecule has 0 fully saturated rings. The van der Waals surface area contributed by atoms with Gasteiger partial charge in [-0.1, -0.05) is 42.1 Å². The second-order valence-electron chi connectivity index (χ2n) is 4.81. The molecular weight excluding hydrogens is 332 g/mol. The number of hydrogen-bond acceptors (Lipinski definition) is 6. The molecule has 118 valence electrons. The fourth-order valence-electron chi connectivity index (χ4n) is 2.18. The molecule has 1 amide bonds. The summed E-state index contributed by atoms with van der Waals surface area (Å²) < 4.78 is 1.47. The first-order valence-electron chi connectivity index (χ1n) is 6.77. The fraction of sp³-hybridized carbons (Fsp3) is 0.133. The molecule has 1 aromatic carbocycles. The number of hydrogen-bond donors (Lipinski definition) is 2. The maximum Gasteiger partial charge on any atom is 0.263 e. The van der Waals surface area contributed by atoms with Gasteiger partial charge in [0, 0.05) is 18.0 Å². The first-order chi connectivity index (χ1) is 11.1. The molecule has 2 heterocycles. The van der Waals surface area contributed by atoms with Crippen LogP contribution in [0.25, 0.3) is 21.3 Å². The summed E-state index contributed by atoms with van der Waals surface area (Å²) in [5.74, 6) is 4.85. The Balaban J connectivity index is 2.08. The van der Waals surface area contributed by atoms with Crippen molar-refractivity contribution in [1.29, 1.82) is 0 Å². The molecule has 0 bridgehead atoms. The molecule has 0 atom stereocenters. The topological polar surface area (TPSA) is 90.0 Å². The van der Waals surface area contributed by atoms with Crippen molar-refractivity contribution in [2.45, 2.75) is 5.16 Å². The van der Waals surface area contributed by atoms with Gasteiger partial charge in [-0.15, -0.1) is 11.3 Å². The average Bonchev–Trinajstić information content (AvgIpc) is 3.01. The lowest BCUT2D eigenvalue weighted by atomic mass is 10.1. The van der Waals surface area contributed by atoms with E-state index in [2.05, 4.69) is 10.4 Å². The van der Waals surface area contributed by atoms with Crippen LogP contribution in [0.5, 0.6) is 0 Å². The van der Waals surface area contributed by atoms with E-state index in [-0.39, 0.29) is 17.2 Å². The first kappa shape index (κ1) is 15.7. The third kappa shape index (κ3) is 3.00. The van der Waals surface area contributed by atoms with Gasteiger partial charge in [0.25, 0.3) is 5.56 Å². The maximum absolute atomic E-state index is 12.7. The van der Waals surface area contributed by atoms with Gasteiger partial charge in [-0.25, -0.2) is 10.8 Å². The highest BCUT2D eigenvalue weighted by Gasteiger charge is 2.16. The highest BCUT2D eigenvalue weighted by atomic mass is 32.2. The van der Waals surface area contributed by atoms with E-state index >= 15 is 0 Å². The van der Waals surface area contributed by atoms with Crippen molar-refractivity contribution in [2.24, 2.45) is 12.9 Å². The van der Waals surface area contributed by atoms with E-state index in [1.807, 2.05) is 35.7 Å². The number of fused-ring (bicyclic) bond motifs is 1. The molecule has 6 nitrogen and oxygen atoms in total. The van der Waals surface area contributed by atoms with Gasteiger partial charge < -0.3 is 0 Å². The molecule has 0 unspecified atom stereocenters. The van der Waals surface area contributed by atoms with Gasteiger partial charge in [0.05, 0.1) is 11.1 Å². The Morgan fingerprint density at radius 1 is 1.39 bits per heavy atom. The van der Waals surface area contributed by atoms with Crippen molar-refractivity contribution in [3.8, 4) is 11.1 Å². The first-order valence-corrected chi connectivity index (χ1v) is 8.64. The zero-order valence-corrected chi connectivity index (χ0v) is 13.9. The van der Waals surface area contributed by atoms with Gasteiger partial charge in [-0.05, 0) is 5.56 Å². The number of thiophene rings is 1. The molecule has 3 aromatic rings. The minimum absolute atomic E-state index is 0.110. The Morgan fingerprint density at radius 2 is 2.13 bits per heavy atom. The predicted molar refractivity (Wildman–Crippen MR) is 93.4 cm³/mol. The van der Waals surface area contributed by atoms with Gasteiger partial charge in [0.1, 0.15) is 4.83 Å². The second kappa shape index (κ2) is 6.53. The molecule has 0 radical (unpaired) electrons. The van der Waals surface area contributed by atoms with Crippen LogP contribution in [-0.2, 0) is 11.8 Å². The van der Waals surface area contributed by atoms with Gasteiger partial charge in [-0.2, -0.15) is 0 Å². The van der Waals surface area contributed by atoms with E-state index in [4.69, 9.17) is 5.84 Å². The highest BCUT2D eigenvalue weighted by molar-refractivity contribution is 7.99. The number of benzene rings is 1. The van der Waals surface area contributed by atoms with E-state index in [1.54, 1.807) is 7.05 Å². The maximum atomic E-state index is 12.7. The predicted octanol–water partition coefficient (Wildman–Crippen LogP) is 1.74. The Bertz CT molecular complexity index is 918. The van der Waals surface area contributed by atoms with Crippen molar-refractivity contribution in [1.82, 2.24) is 15.0 Å². The zero-order valence-electron chi connectivity index (χ0n) is 12.3. The van der Waals surface area contributed by atoms with Gasteiger partial charge in [0.2, 0.25) is 5.91 Å². The van der Waals surface area contributed by atoms with Crippen LogP contribution in [-0.4, -0.2) is 21.2 Å². The van der Waals surface area contributed by atoms with Crippen LogP contribution in [0, 0.1) is 0 Å². The fourth-order valence-corrected chi connectivity index (χ4v) is 3.96. The summed E-state index contributed by atoms with van der Waals surface area (Å²) in [5, 5.41) is 3.04. The van der Waals surface area contributed by atoms with Crippen LogP contribution >= 0.6 is 23.1 Å². The SMILES string of the molecule is Cn1c(SCC(=O)NN)nc2scc(-c3ccccc3)c2c1=O. The molecule has 2 aromatic heterocycles. The number of nitrogens with zero attached hydrogens (tertiary/aromatic N) is 2. The molecule has 0 saturated carbocycles. The quantitative estimate of drug-likeness (QED) is 0.247. The number of rotatable bonds is 4. The standard InChI is InChI=1S/C15H14N4O2S2/c1-19-14(21)12-10(9-5-3-2-4-6-9)7-22-13(12)17-15(19)23-8-11(20)18-16/h2-7H,8,16H2,1H3,(H,18,20). The molecule has 0 aliphatic carbocycles. The van der Waals surface area contributed by atoms with E-state index in [1.165, 1.54) is 27.7 Å². The Hall–Kier alpha value is -2.16. The molecular formula is C15H14N4O2S2. The van der Waals surface area contributed by atoms with Crippen molar-refractivity contribution >= 4 is 39.2 Å². The van der Waals surface area contributed by atoms with Crippen LogP contribution in [0.15, 0.2) is 45.7 Å². The third-order valence-corrected chi connectivity index (χ3v) is 5.25. The molecule has 3 N–H and O–H groups in total. The van der Waals surface area contributed by atoms with Crippen molar-refractivity contribution in [3.05, 3.63) is 46.1 Å². The highest BCUT2D eigenvalue weighted by Crippen LogP contribution is 2.31. The number of carbonyl (C=O) groups excluding carboxylic acids is 1. The summed E-state index contributed by atoms with van der Waals surface area (Å²) >= 11 is 2.60. The van der Waals surface area contributed by atoms with Crippen molar-refractivity contribution in [3.63, 3.8) is 0 Å². The molecule has 0 saturated heterocycles. The van der Waals surface area contributed by atoms with Crippen LogP contribution in [0.4, 0.5) is 0 Å². The minimum Gasteiger partial charge on any atom is -0.294 e. The molecule has 0 spiro atoms. The lowest BCUT2D eigenvalue weighted by Crippen LogP contribution is -2.31. The largest absolute Gasteiger partial charge is 0.294 e. The smallest absolute Gasteiger partial charge is 0.263 e. The van der Waals surface area contributed by atoms with Gasteiger partial charge in [0.15, 0.2) is 5.16 Å². The zero-order chi connectivity index (χ0) is 16.4. The summed E-state index contributed by atoms with van der Waals surface area (Å²) in [4.78, 5) is 29.2. The third-order valence-electron chi connectivity index (χ3n) is 3.35. The van der Waals surface area contributed by atoms with E-state index < -0.39 is 0 Å². The molecule has 8 heteroatoms. The van der Waals surface area contributed by atoms with Gasteiger partial charge in [-0.3, -0.25) is 19.6 Å². The second-order valence-corrected chi connectivity index (χ2v) is 6.61. The molecule has 0 aliphatic heterocycles. The Kier molecular flexibility index (Phi) is 4.46. The van der Waals surface area contributed by atoms with Crippen LogP contribution in [0.1, 0.15) is 0 Å². The van der Waals surface area contributed by atoms with E-state index in [9.17, 15) is 9.59 Å². The molecule has 23 heavy (non-hydrogen) atoms. The number of aromatic nitrogens is 2. The van der Waals surface area contributed by atoms with E-state index in [0.717, 1.165) is 11.1 Å². The van der Waals surface area contributed by atoms with Crippen LogP contribution in [0.3, 0.4) is 0 Å². The number of amides is 1. The number of hydrazine groups is 1. The molecule has 3 rings (SSSR count). The Morgan fingerprint density at radius 3 is 2.83 bits per heavy atom. The summed E-state index contributed by atoms with van der Waals surface area (Å²) in [5.41, 5.74) is 3.81. The minimum atomic E-state index is -0.319. The number of nitrogens with one attached hydrogen (secondary N) is 1. The summed E-state index contributed by atoms with van der Waals surface area (Å²) in [6.45, 7) is 0. The number of carbonyl (C=O) groups is 1. The molecule has 0 aliphatic rings. The Labute approximate surface area is 140 Å². The van der Waals surface area contributed by atoms with Gasteiger partial charge >= 0.3 is 0 Å². The average molecular weight is 346 g/mol. The van der Waals surface area contributed by atoms with Crippen LogP contribution < -0.4 is 16.8 Å².